The summed E-state index contributed by atoms with van der Waals surface area (Å²) in [6, 6.07) is 13.2. The zero-order valence-corrected chi connectivity index (χ0v) is 16.1. The van der Waals surface area contributed by atoms with Gasteiger partial charge in [0, 0.05) is 31.1 Å². The molecule has 2 fully saturated rings. The molecule has 0 spiro atoms. The van der Waals surface area contributed by atoms with E-state index in [0.29, 0.717) is 24.3 Å². The number of benzene rings is 1. The lowest BCUT2D eigenvalue weighted by atomic mass is 9.74. The summed E-state index contributed by atoms with van der Waals surface area (Å²) in [6.45, 7) is 0.258. The number of carbonyl (C=O) groups excluding carboxylic acids is 1. The van der Waals surface area contributed by atoms with Crippen molar-refractivity contribution in [1.82, 2.24) is 9.88 Å². The molecule has 2 unspecified atom stereocenters. The summed E-state index contributed by atoms with van der Waals surface area (Å²) in [7, 11) is 1.58. The number of pyridine rings is 1. The molecule has 2 bridgehead atoms. The summed E-state index contributed by atoms with van der Waals surface area (Å²) in [5, 5.41) is 11.4. The molecule has 2 aliphatic heterocycles. The number of hydrogen-bond acceptors (Lipinski definition) is 5. The molecule has 0 aliphatic carbocycles. The summed E-state index contributed by atoms with van der Waals surface area (Å²) in [4.78, 5) is 19.1. The second-order valence-electron chi connectivity index (χ2n) is 7.68. The van der Waals surface area contributed by atoms with Gasteiger partial charge in [0.1, 0.15) is 23.7 Å². The lowest BCUT2D eigenvalue weighted by molar-refractivity contribution is -0.0927. The molecule has 148 valence electrons. The van der Waals surface area contributed by atoms with Gasteiger partial charge in [0.05, 0.1) is 7.11 Å². The van der Waals surface area contributed by atoms with E-state index in [2.05, 4.69) is 4.98 Å². The number of fused-ring (bicyclic) bond motifs is 2. The van der Waals surface area contributed by atoms with Gasteiger partial charge in [0.25, 0.3) is 0 Å². The topological polar surface area (TPSA) is 71.9 Å². The van der Waals surface area contributed by atoms with E-state index in [-0.39, 0.29) is 24.8 Å². The van der Waals surface area contributed by atoms with Crippen molar-refractivity contribution in [3.8, 4) is 5.75 Å². The van der Waals surface area contributed by atoms with Gasteiger partial charge >= 0.3 is 6.09 Å². The maximum Gasteiger partial charge on any atom is 0.410 e. The van der Waals surface area contributed by atoms with Crippen LogP contribution in [0.25, 0.3) is 0 Å². The third kappa shape index (κ3) is 3.56. The Morgan fingerprint density at radius 2 is 1.89 bits per heavy atom. The standard InChI is InChI=1S/C22H26N2O4/c1-27-19-11-6-12-23-20(19)22(26)13-17-9-5-10-18(14-22)24(17)21(25)28-15-16-7-3-2-4-8-16/h2-4,6-8,11-12,17-18,26H,5,9-10,13-15H2,1H3. The van der Waals surface area contributed by atoms with Crippen molar-refractivity contribution < 1.29 is 19.4 Å². The molecule has 28 heavy (non-hydrogen) atoms. The average Bonchev–Trinajstić information content (AvgIpc) is 2.72. The molecule has 6 heteroatoms. The average molecular weight is 382 g/mol. The Labute approximate surface area is 165 Å². The Morgan fingerprint density at radius 1 is 1.18 bits per heavy atom. The first-order valence-corrected chi connectivity index (χ1v) is 9.81. The van der Waals surface area contributed by atoms with Crippen LogP contribution in [0.1, 0.15) is 43.4 Å². The Morgan fingerprint density at radius 3 is 2.57 bits per heavy atom. The third-order valence-corrected chi connectivity index (χ3v) is 5.86. The minimum Gasteiger partial charge on any atom is -0.495 e. The van der Waals surface area contributed by atoms with Crippen molar-refractivity contribution in [2.24, 2.45) is 0 Å². The predicted molar refractivity (Wildman–Crippen MR) is 104 cm³/mol. The molecule has 4 rings (SSSR count). The van der Waals surface area contributed by atoms with Crippen molar-refractivity contribution in [1.29, 1.82) is 0 Å². The molecular formula is C22H26N2O4. The van der Waals surface area contributed by atoms with E-state index in [9.17, 15) is 9.90 Å². The predicted octanol–water partition coefficient (Wildman–Crippen LogP) is 3.63. The van der Waals surface area contributed by atoms with Crippen LogP contribution in [0.15, 0.2) is 48.7 Å². The minimum absolute atomic E-state index is 0.0625. The van der Waals surface area contributed by atoms with E-state index in [4.69, 9.17) is 9.47 Å². The Hall–Kier alpha value is -2.60. The van der Waals surface area contributed by atoms with Crippen molar-refractivity contribution in [2.45, 2.75) is 56.4 Å². The van der Waals surface area contributed by atoms with Gasteiger partial charge in [-0.2, -0.15) is 0 Å². The van der Waals surface area contributed by atoms with Gasteiger partial charge in [-0.05, 0) is 37.0 Å². The highest BCUT2D eigenvalue weighted by atomic mass is 16.6. The van der Waals surface area contributed by atoms with E-state index in [0.717, 1.165) is 24.8 Å². The number of hydrogen-bond donors (Lipinski definition) is 1. The molecule has 6 nitrogen and oxygen atoms in total. The maximum absolute atomic E-state index is 12.8. The van der Waals surface area contributed by atoms with Crippen molar-refractivity contribution >= 4 is 6.09 Å². The molecule has 3 heterocycles. The molecular weight excluding hydrogens is 356 g/mol. The van der Waals surface area contributed by atoms with Crippen LogP contribution in [0, 0.1) is 0 Å². The van der Waals surface area contributed by atoms with Gasteiger partial charge in [0.15, 0.2) is 0 Å². The first-order chi connectivity index (χ1) is 13.6. The van der Waals surface area contributed by atoms with Gasteiger partial charge < -0.3 is 19.5 Å². The molecule has 2 aromatic rings. The Bertz CT molecular complexity index is 812. The van der Waals surface area contributed by atoms with Gasteiger partial charge in [-0.15, -0.1) is 0 Å². The quantitative estimate of drug-likeness (QED) is 0.874. The monoisotopic (exact) mass is 382 g/mol. The van der Waals surface area contributed by atoms with E-state index in [1.807, 2.05) is 41.3 Å². The van der Waals surface area contributed by atoms with E-state index < -0.39 is 5.60 Å². The molecule has 2 aliphatic rings. The summed E-state index contributed by atoms with van der Waals surface area (Å²) < 4.78 is 11.0. The number of carbonyl (C=O) groups is 1. The first kappa shape index (κ1) is 18.7. The summed E-state index contributed by atoms with van der Waals surface area (Å²) in [5.41, 5.74) is 0.429. The second kappa shape index (κ2) is 7.80. The lowest BCUT2D eigenvalue weighted by Crippen LogP contribution is -2.59. The number of piperidine rings is 2. The summed E-state index contributed by atoms with van der Waals surface area (Å²) in [5.74, 6) is 0.586. The van der Waals surface area contributed by atoms with Crippen molar-refractivity contribution in [2.75, 3.05) is 7.11 Å². The van der Waals surface area contributed by atoms with Crippen molar-refractivity contribution in [3.05, 3.63) is 59.9 Å². The normalized spacial score (nSPS) is 26.6. The van der Waals surface area contributed by atoms with Crippen LogP contribution in [0.3, 0.4) is 0 Å². The van der Waals surface area contributed by atoms with Gasteiger partial charge in [-0.3, -0.25) is 4.98 Å². The molecule has 1 N–H and O–H groups in total. The number of rotatable bonds is 4. The highest BCUT2D eigenvalue weighted by Crippen LogP contribution is 2.46. The van der Waals surface area contributed by atoms with Gasteiger partial charge in [-0.1, -0.05) is 30.3 Å². The van der Waals surface area contributed by atoms with Crippen LogP contribution in [-0.4, -0.2) is 40.3 Å². The number of nitrogens with zero attached hydrogens (tertiary/aromatic N) is 2. The molecule has 0 saturated carbocycles. The second-order valence-corrected chi connectivity index (χ2v) is 7.68. The largest absolute Gasteiger partial charge is 0.495 e. The number of aromatic nitrogens is 1. The maximum atomic E-state index is 12.8. The minimum atomic E-state index is -1.10. The highest BCUT2D eigenvalue weighted by molar-refractivity contribution is 5.69. The van der Waals surface area contributed by atoms with Crippen LogP contribution in [0.5, 0.6) is 5.75 Å². The highest BCUT2D eigenvalue weighted by Gasteiger charge is 2.50. The lowest BCUT2D eigenvalue weighted by Gasteiger charge is -2.51. The number of aliphatic hydroxyl groups is 1. The van der Waals surface area contributed by atoms with Gasteiger partial charge in [-0.25, -0.2) is 4.79 Å². The van der Waals surface area contributed by atoms with Crippen LogP contribution < -0.4 is 4.74 Å². The Kier molecular flexibility index (Phi) is 5.22. The number of ether oxygens (including phenoxy) is 2. The number of methoxy groups -OCH3 is 1. The van der Waals surface area contributed by atoms with Crippen LogP contribution in [-0.2, 0) is 16.9 Å². The molecule has 2 atom stereocenters. The van der Waals surface area contributed by atoms with Gasteiger partial charge in [0.2, 0.25) is 0 Å². The summed E-state index contributed by atoms with van der Waals surface area (Å²) in [6.07, 6.45) is 5.02. The van der Waals surface area contributed by atoms with Crippen LogP contribution in [0.2, 0.25) is 0 Å². The van der Waals surface area contributed by atoms with Crippen LogP contribution in [0.4, 0.5) is 4.79 Å². The third-order valence-electron chi connectivity index (χ3n) is 5.86. The smallest absolute Gasteiger partial charge is 0.410 e. The molecule has 1 amide bonds. The molecule has 1 aromatic carbocycles. The Balaban J connectivity index is 1.51. The van der Waals surface area contributed by atoms with E-state index in [1.165, 1.54) is 0 Å². The molecule has 2 saturated heterocycles. The zero-order chi connectivity index (χ0) is 19.6. The van der Waals surface area contributed by atoms with Crippen LogP contribution >= 0.6 is 0 Å². The fourth-order valence-electron chi connectivity index (χ4n) is 4.62. The zero-order valence-electron chi connectivity index (χ0n) is 16.1. The molecule has 0 radical (unpaired) electrons. The number of amides is 1. The molecule has 1 aromatic heterocycles. The van der Waals surface area contributed by atoms with E-state index in [1.54, 1.807) is 19.4 Å². The fraction of sp³-hybridized carbons (Fsp3) is 0.455. The summed E-state index contributed by atoms with van der Waals surface area (Å²) >= 11 is 0. The van der Waals surface area contributed by atoms with E-state index >= 15 is 0 Å². The van der Waals surface area contributed by atoms with Crippen molar-refractivity contribution in [3.63, 3.8) is 0 Å². The first-order valence-electron chi connectivity index (χ1n) is 9.81. The SMILES string of the molecule is COc1cccnc1C1(O)CC2CCCC(C1)N2C(=O)OCc1ccccc1. The fourth-order valence-corrected chi connectivity index (χ4v) is 4.62.